The molecule has 0 aliphatic heterocycles. The Bertz CT molecular complexity index is 1090. The molecular formula is C27H39N3O4S. The van der Waals surface area contributed by atoms with Crippen LogP contribution in [0, 0.1) is 13.8 Å². The number of nitrogens with one attached hydrogen (secondary N) is 1. The number of carbonyl (C=O) groups excluding carboxylic acids is 2. The second kappa shape index (κ2) is 13.3. The summed E-state index contributed by atoms with van der Waals surface area (Å²) >= 11 is 0. The highest BCUT2D eigenvalue weighted by Crippen LogP contribution is 2.24. The summed E-state index contributed by atoms with van der Waals surface area (Å²) in [7, 11) is -3.74. The first-order chi connectivity index (χ1) is 16.6. The molecule has 192 valence electrons. The number of nitrogens with zero attached hydrogens (tertiary/aromatic N) is 2. The van der Waals surface area contributed by atoms with E-state index in [1.807, 2.05) is 70.2 Å². The molecule has 0 unspecified atom stereocenters. The van der Waals surface area contributed by atoms with Gasteiger partial charge in [0.1, 0.15) is 12.6 Å². The van der Waals surface area contributed by atoms with Gasteiger partial charge < -0.3 is 10.2 Å². The van der Waals surface area contributed by atoms with E-state index in [0.717, 1.165) is 40.1 Å². The SMILES string of the molecule is CCCCNC(=O)[C@@H](CC)N(CCc1ccccc1)C(=O)CN(c1cc(C)ccc1C)S(C)(=O)=O. The Kier molecular flexibility index (Phi) is 10.8. The van der Waals surface area contributed by atoms with Crippen molar-refractivity contribution in [1.82, 2.24) is 10.2 Å². The average Bonchev–Trinajstić information content (AvgIpc) is 2.81. The van der Waals surface area contributed by atoms with Crippen LogP contribution in [0.5, 0.6) is 0 Å². The number of benzene rings is 2. The summed E-state index contributed by atoms with van der Waals surface area (Å²) in [6.07, 6.45) is 3.90. The third-order valence-corrected chi connectivity index (χ3v) is 7.14. The minimum atomic E-state index is -3.74. The maximum atomic E-state index is 13.7. The van der Waals surface area contributed by atoms with Gasteiger partial charge in [0, 0.05) is 13.1 Å². The van der Waals surface area contributed by atoms with Crippen LogP contribution in [0.15, 0.2) is 48.5 Å². The topological polar surface area (TPSA) is 86.8 Å². The lowest BCUT2D eigenvalue weighted by Gasteiger charge is -2.33. The van der Waals surface area contributed by atoms with Gasteiger partial charge in [0.2, 0.25) is 21.8 Å². The molecule has 8 heteroatoms. The second-order valence-corrected chi connectivity index (χ2v) is 10.9. The Labute approximate surface area is 210 Å². The summed E-state index contributed by atoms with van der Waals surface area (Å²) in [6.45, 7) is 8.11. The van der Waals surface area contributed by atoms with Gasteiger partial charge in [-0.05, 0) is 55.9 Å². The third-order valence-electron chi connectivity index (χ3n) is 6.01. The van der Waals surface area contributed by atoms with E-state index < -0.39 is 22.0 Å². The molecule has 2 amide bonds. The monoisotopic (exact) mass is 501 g/mol. The summed E-state index contributed by atoms with van der Waals surface area (Å²) < 4.78 is 26.7. The van der Waals surface area contributed by atoms with Crippen LogP contribution in [0.4, 0.5) is 5.69 Å². The lowest BCUT2D eigenvalue weighted by molar-refractivity contribution is -0.139. The Balaban J connectivity index is 2.37. The molecule has 0 aliphatic carbocycles. The highest BCUT2D eigenvalue weighted by molar-refractivity contribution is 7.92. The predicted octanol–water partition coefficient (Wildman–Crippen LogP) is 3.84. The van der Waals surface area contributed by atoms with Gasteiger partial charge in [0.15, 0.2) is 0 Å². The van der Waals surface area contributed by atoms with Crippen molar-refractivity contribution in [3.05, 3.63) is 65.2 Å². The maximum absolute atomic E-state index is 13.7. The summed E-state index contributed by atoms with van der Waals surface area (Å²) in [5.41, 5.74) is 3.17. The molecule has 2 rings (SSSR count). The van der Waals surface area contributed by atoms with Gasteiger partial charge in [-0.3, -0.25) is 13.9 Å². The van der Waals surface area contributed by atoms with Crippen LogP contribution in [0.2, 0.25) is 0 Å². The van der Waals surface area contributed by atoms with E-state index in [9.17, 15) is 18.0 Å². The largest absolute Gasteiger partial charge is 0.354 e. The first-order valence-corrected chi connectivity index (χ1v) is 14.1. The van der Waals surface area contributed by atoms with Crippen LogP contribution in [-0.4, -0.2) is 57.1 Å². The molecule has 0 fully saturated rings. The second-order valence-electron chi connectivity index (χ2n) is 8.95. The van der Waals surface area contributed by atoms with Crippen LogP contribution in [0.25, 0.3) is 0 Å². The molecule has 0 heterocycles. The average molecular weight is 502 g/mol. The maximum Gasteiger partial charge on any atom is 0.244 e. The number of rotatable bonds is 13. The van der Waals surface area contributed by atoms with Crippen LogP contribution in [-0.2, 0) is 26.0 Å². The minimum absolute atomic E-state index is 0.208. The van der Waals surface area contributed by atoms with E-state index in [1.54, 1.807) is 6.07 Å². The zero-order valence-electron chi connectivity index (χ0n) is 21.6. The summed E-state index contributed by atoms with van der Waals surface area (Å²) in [5, 5.41) is 2.94. The Morgan fingerprint density at radius 2 is 1.71 bits per heavy atom. The lowest BCUT2D eigenvalue weighted by Crippen LogP contribution is -2.53. The number of unbranched alkanes of at least 4 members (excludes halogenated alkanes) is 1. The van der Waals surface area contributed by atoms with Crippen LogP contribution in [0.3, 0.4) is 0 Å². The molecule has 2 aromatic rings. The molecule has 0 bridgehead atoms. The summed E-state index contributed by atoms with van der Waals surface area (Å²) in [4.78, 5) is 28.2. The van der Waals surface area contributed by atoms with Crippen LogP contribution >= 0.6 is 0 Å². The van der Waals surface area contributed by atoms with Gasteiger partial charge in [-0.25, -0.2) is 8.42 Å². The molecular weight excluding hydrogens is 462 g/mol. The first kappa shape index (κ1) is 28.4. The standard InChI is InChI=1S/C27H39N3O4S/c1-6-8-17-28-27(32)24(7-2)29(18-16-23-12-10-9-11-13-23)26(31)20-30(35(5,33)34)25-19-21(3)14-15-22(25)4/h9-15,19,24H,6-8,16-18,20H2,1-5H3,(H,28,32)/t24-/m1/s1. The van der Waals surface area contributed by atoms with Crippen molar-refractivity contribution in [2.45, 2.75) is 59.4 Å². The number of anilines is 1. The number of amides is 2. The molecule has 0 saturated carbocycles. The summed E-state index contributed by atoms with van der Waals surface area (Å²) in [6, 6.07) is 14.6. The molecule has 2 aromatic carbocycles. The van der Waals surface area contributed by atoms with E-state index in [1.165, 1.54) is 4.90 Å². The highest BCUT2D eigenvalue weighted by Gasteiger charge is 2.31. The van der Waals surface area contributed by atoms with Crippen molar-refractivity contribution in [2.24, 2.45) is 0 Å². The van der Waals surface area contributed by atoms with E-state index in [2.05, 4.69) is 5.32 Å². The lowest BCUT2D eigenvalue weighted by atomic mass is 10.1. The normalized spacial score (nSPS) is 12.1. The smallest absolute Gasteiger partial charge is 0.244 e. The van der Waals surface area contributed by atoms with Crippen molar-refractivity contribution in [1.29, 1.82) is 0 Å². The molecule has 0 radical (unpaired) electrons. The van der Waals surface area contributed by atoms with Gasteiger partial charge in [-0.2, -0.15) is 0 Å². The Morgan fingerprint density at radius 1 is 1.03 bits per heavy atom. The van der Waals surface area contributed by atoms with Crippen molar-refractivity contribution in [3.63, 3.8) is 0 Å². The number of hydrogen-bond donors (Lipinski definition) is 1. The molecule has 1 atom stereocenters. The quantitative estimate of drug-likeness (QED) is 0.423. The van der Waals surface area contributed by atoms with Crippen molar-refractivity contribution in [3.8, 4) is 0 Å². The fourth-order valence-corrected chi connectivity index (χ4v) is 4.88. The van der Waals surface area contributed by atoms with Crippen molar-refractivity contribution >= 4 is 27.5 Å². The van der Waals surface area contributed by atoms with Gasteiger partial charge in [0.25, 0.3) is 0 Å². The fraction of sp³-hybridized carbons (Fsp3) is 0.481. The molecule has 1 N–H and O–H groups in total. The number of sulfonamides is 1. The molecule has 7 nitrogen and oxygen atoms in total. The fourth-order valence-electron chi connectivity index (χ4n) is 3.98. The van der Waals surface area contributed by atoms with Gasteiger partial charge in [0.05, 0.1) is 11.9 Å². The molecule has 0 saturated heterocycles. The third kappa shape index (κ3) is 8.38. The van der Waals surface area contributed by atoms with E-state index in [4.69, 9.17) is 0 Å². The van der Waals surface area contributed by atoms with Gasteiger partial charge >= 0.3 is 0 Å². The number of hydrogen-bond acceptors (Lipinski definition) is 4. The molecule has 0 spiro atoms. The van der Waals surface area contributed by atoms with E-state index in [0.29, 0.717) is 31.6 Å². The van der Waals surface area contributed by atoms with Gasteiger partial charge in [-0.15, -0.1) is 0 Å². The molecule has 35 heavy (non-hydrogen) atoms. The zero-order valence-corrected chi connectivity index (χ0v) is 22.4. The molecule has 0 aromatic heterocycles. The Hall–Kier alpha value is -2.87. The zero-order chi connectivity index (χ0) is 26.0. The highest BCUT2D eigenvalue weighted by atomic mass is 32.2. The van der Waals surface area contributed by atoms with E-state index in [-0.39, 0.29) is 12.5 Å². The predicted molar refractivity (Wildman–Crippen MR) is 142 cm³/mol. The van der Waals surface area contributed by atoms with Gasteiger partial charge in [-0.1, -0.05) is 62.7 Å². The number of aryl methyl sites for hydroxylation is 2. The summed E-state index contributed by atoms with van der Waals surface area (Å²) in [5.74, 6) is -0.607. The number of carbonyl (C=O) groups is 2. The van der Waals surface area contributed by atoms with E-state index >= 15 is 0 Å². The van der Waals surface area contributed by atoms with Crippen LogP contribution < -0.4 is 9.62 Å². The first-order valence-electron chi connectivity index (χ1n) is 12.2. The minimum Gasteiger partial charge on any atom is -0.354 e. The van der Waals surface area contributed by atoms with Crippen LogP contribution in [0.1, 0.15) is 49.8 Å². The van der Waals surface area contributed by atoms with Crippen molar-refractivity contribution < 1.29 is 18.0 Å². The molecule has 0 aliphatic rings. The Morgan fingerprint density at radius 3 is 2.31 bits per heavy atom. The van der Waals surface area contributed by atoms with Crippen molar-refractivity contribution in [2.75, 3.05) is 30.2 Å².